The molecule has 7 nitrogen and oxygen atoms in total. The first-order valence-corrected chi connectivity index (χ1v) is 9.48. The molecule has 0 saturated carbocycles. The molecule has 1 unspecified atom stereocenters. The Hall–Kier alpha value is -2.93. The van der Waals surface area contributed by atoms with Crippen LogP contribution in [-0.4, -0.2) is 59.9 Å². The number of hydrogen-bond acceptors (Lipinski definition) is 5. The fourth-order valence-electron chi connectivity index (χ4n) is 3.04. The predicted octanol–water partition coefficient (Wildman–Crippen LogP) is 2.68. The van der Waals surface area contributed by atoms with Gasteiger partial charge in [0.15, 0.2) is 5.96 Å². The summed E-state index contributed by atoms with van der Waals surface area (Å²) in [6.45, 7) is 1.28. The topological polar surface area (TPSA) is 67.4 Å². The van der Waals surface area contributed by atoms with E-state index in [2.05, 4.69) is 46.8 Å². The van der Waals surface area contributed by atoms with Gasteiger partial charge in [-0.3, -0.25) is 4.99 Å². The zero-order valence-electron chi connectivity index (χ0n) is 18.2. The summed E-state index contributed by atoms with van der Waals surface area (Å²) in [5.41, 5.74) is 2.20. The van der Waals surface area contributed by atoms with Gasteiger partial charge in [0.2, 0.25) is 0 Å². The van der Waals surface area contributed by atoms with Crippen molar-refractivity contribution in [2.75, 3.05) is 49.0 Å². The molecule has 0 spiro atoms. The van der Waals surface area contributed by atoms with Crippen molar-refractivity contribution < 1.29 is 14.2 Å². The van der Waals surface area contributed by atoms with Crippen LogP contribution in [0.15, 0.2) is 47.5 Å². The Bertz CT molecular complexity index is 808. The normalized spacial score (nSPS) is 12.4. The highest BCUT2D eigenvalue weighted by Gasteiger charge is 2.15. The van der Waals surface area contributed by atoms with Crippen LogP contribution in [0.2, 0.25) is 0 Å². The predicted molar refractivity (Wildman–Crippen MR) is 117 cm³/mol. The van der Waals surface area contributed by atoms with Gasteiger partial charge in [0.1, 0.15) is 17.2 Å². The Kier molecular flexibility index (Phi) is 8.61. The van der Waals surface area contributed by atoms with Crippen molar-refractivity contribution in [3.63, 3.8) is 0 Å². The zero-order chi connectivity index (χ0) is 21.2. The lowest BCUT2D eigenvalue weighted by atomic mass is 10.1. The first-order chi connectivity index (χ1) is 14.0. The summed E-state index contributed by atoms with van der Waals surface area (Å²) in [7, 11) is 10.9. The maximum atomic E-state index is 5.46. The molecule has 2 aromatic rings. The molecule has 0 bridgehead atoms. The molecular formula is C22H32N4O3. The van der Waals surface area contributed by atoms with Crippen LogP contribution >= 0.6 is 0 Å². The van der Waals surface area contributed by atoms with Crippen molar-refractivity contribution >= 4 is 5.96 Å². The number of methoxy groups -OCH3 is 3. The molecule has 0 aliphatic carbocycles. The minimum atomic E-state index is 0.166. The van der Waals surface area contributed by atoms with Crippen molar-refractivity contribution in [1.29, 1.82) is 0 Å². The average molecular weight is 401 g/mol. The van der Waals surface area contributed by atoms with Gasteiger partial charge in [-0.1, -0.05) is 12.1 Å². The van der Waals surface area contributed by atoms with E-state index in [9.17, 15) is 0 Å². The lowest BCUT2D eigenvalue weighted by Crippen LogP contribution is -2.41. The Balaban J connectivity index is 2.02. The van der Waals surface area contributed by atoms with Crippen molar-refractivity contribution in [2.45, 2.75) is 12.6 Å². The zero-order valence-corrected chi connectivity index (χ0v) is 18.2. The minimum absolute atomic E-state index is 0.166. The summed E-state index contributed by atoms with van der Waals surface area (Å²) in [5, 5.41) is 6.75. The van der Waals surface area contributed by atoms with E-state index in [-0.39, 0.29) is 6.04 Å². The second kappa shape index (κ2) is 11.2. The summed E-state index contributed by atoms with van der Waals surface area (Å²) < 4.78 is 16.1. The van der Waals surface area contributed by atoms with Crippen LogP contribution in [0.5, 0.6) is 17.2 Å². The third-order valence-corrected chi connectivity index (χ3v) is 4.73. The molecule has 29 heavy (non-hydrogen) atoms. The van der Waals surface area contributed by atoms with E-state index in [0.29, 0.717) is 13.1 Å². The van der Waals surface area contributed by atoms with E-state index in [1.54, 1.807) is 28.4 Å². The van der Waals surface area contributed by atoms with Gasteiger partial charge in [-0.25, -0.2) is 0 Å². The van der Waals surface area contributed by atoms with Gasteiger partial charge in [-0.15, -0.1) is 0 Å². The molecule has 0 fully saturated rings. The molecule has 0 aliphatic rings. The number of aliphatic imine (C=N–C) groups is 1. The van der Waals surface area contributed by atoms with Crippen LogP contribution in [0.25, 0.3) is 0 Å². The molecule has 158 valence electrons. The number of rotatable bonds is 9. The smallest absolute Gasteiger partial charge is 0.191 e. The third kappa shape index (κ3) is 6.29. The molecule has 2 N–H and O–H groups in total. The average Bonchev–Trinajstić information content (AvgIpc) is 2.75. The van der Waals surface area contributed by atoms with Crippen LogP contribution < -0.4 is 24.8 Å². The highest BCUT2D eigenvalue weighted by molar-refractivity contribution is 5.79. The SMILES string of the molecule is CN=C(NCc1ccc(OC)cc1OC)NCC(c1cccc(OC)c1)N(C)C. The first-order valence-electron chi connectivity index (χ1n) is 9.48. The Morgan fingerprint density at radius 3 is 2.31 bits per heavy atom. The van der Waals surface area contributed by atoms with E-state index < -0.39 is 0 Å². The largest absolute Gasteiger partial charge is 0.497 e. The number of ether oxygens (including phenoxy) is 3. The number of hydrogen-bond donors (Lipinski definition) is 2. The van der Waals surface area contributed by atoms with Crippen molar-refractivity contribution in [3.05, 3.63) is 53.6 Å². The van der Waals surface area contributed by atoms with E-state index in [4.69, 9.17) is 14.2 Å². The molecule has 2 rings (SSSR count). The quantitative estimate of drug-likeness (QED) is 0.498. The highest BCUT2D eigenvalue weighted by Crippen LogP contribution is 2.24. The van der Waals surface area contributed by atoms with Gasteiger partial charge in [0.05, 0.1) is 27.4 Å². The molecule has 0 amide bonds. The summed E-state index contributed by atoms with van der Waals surface area (Å²) in [5.74, 6) is 3.11. The summed E-state index contributed by atoms with van der Waals surface area (Å²) in [4.78, 5) is 6.50. The molecule has 0 saturated heterocycles. The monoisotopic (exact) mass is 400 g/mol. The molecule has 1 atom stereocenters. The first kappa shape index (κ1) is 22.4. The molecule has 7 heteroatoms. The standard InChI is InChI=1S/C22H32N4O3/c1-23-22(24-14-17-10-11-19(28-5)13-21(17)29-6)25-15-20(26(2)3)16-8-7-9-18(12-16)27-4/h7-13,20H,14-15H2,1-6H3,(H2,23,24,25). The second-order valence-corrected chi connectivity index (χ2v) is 6.74. The van der Waals surface area contributed by atoms with E-state index in [0.717, 1.165) is 28.8 Å². The second-order valence-electron chi connectivity index (χ2n) is 6.74. The van der Waals surface area contributed by atoms with Gasteiger partial charge >= 0.3 is 0 Å². The number of guanidine groups is 1. The number of benzene rings is 2. The maximum absolute atomic E-state index is 5.46. The van der Waals surface area contributed by atoms with Gasteiger partial charge in [0.25, 0.3) is 0 Å². The van der Waals surface area contributed by atoms with Crippen molar-refractivity contribution in [1.82, 2.24) is 15.5 Å². The molecule has 0 aromatic heterocycles. The van der Waals surface area contributed by atoms with Gasteiger partial charge < -0.3 is 29.7 Å². The van der Waals surface area contributed by atoms with E-state index in [1.807, 2.05) is 30.3 Å². The van der Waals surface area contributed by atoms with Crippen LogP contribution in [0.3, 0.4) is 0 Å². The number of nitrogens with zero attached hydrogens (tertiary/aromatic N) is 2. The lowest BCUT2D eigenvalue weighted by molar-refractivity contribution is 0.297. The van der Waals surface area contributed by atoms with Crippen LogP contribution in [-0.2, 0) is 6.54 Å². The molecule has 2 aromatic carbocycles. The highest BCUT2D eigenvalue weighted by atomic mass is 16.5. The van der Waals surface area contributed by atoms with Crippen LogP contribution in [0.4, 0.5) is 0 Å². The van der Waals surface area contributed by atoms with E-state index in [1.165, 1.54) is 5.56 Å². The van der Waals surface area contributed by atoms with Gasteiger partial charge in [-0.2, -0.15) is 0 Å². The van der Waals surface area contributed by atoms with Crippen LogP contribution in [0.1, 0.15) is 17.2 Å². The minimum Gasteiger partial charge on any atom is -0.497 e. The maximum Gasteiger partial charge on any atom is 0.191 e. The Morgan fingerprint density at radius 1 is 0.966 bits per heavy atom. The Morgan fingerprint density at radius 2 is 1.69 bits per heavy atom. The number of nitrogens with one attached hydrogen (secondary N) is 2. The van der Waals surface area contributed by atoms with Crippen molar-refractivity contribution in [3.8, 4) is 17.2 Å². The molecule has 0 heterocycles. The van der Waals surface area contributed by atoms with Crippen molar-refractivity contribution in [2.24, 2.45) is 4.99 Å². The molecular weight excluding hydrogens is 368 g/mol. The molecule has 0 aliphatic heterocycles. The summed E-state index contributed by atoms with van der Waals surface area (Å²) in [6.07, 6.45) is 0. The summed E-state index contributed by atoms with van der Waals surface area (Å²) in [6, 6.07) is 14.1. The van der Waals surface area contributed by atoms with Gasteiger partial charge in [0, 0.05) is 31.8 Å². The summed E-state index contributed by atoms with van der Waals surface area (Å²) >= 11 is 0. The fourth-order valence-corrected chi connectivity index (χ4v) is 3.04. The van der Waals surface area contributed by atoms with Gasteiger partial charge in [-0.05, 0) is 43.9 Å². The lowest BCUT2D eigenvalue weighted by Gasteiger charge is -2.26. The number of likely N-dealkylation sites (N-methyl/N-ethyl adjacent to an activating group) is 1. The van der Waals surface area contributed by atoms with Crippen LogP contribution in [0, 0.1) is 0 Å². The van der Waals surface area contributed by atoms with E-state index >= 15 is 0 Å². The fraction of sp³-hybridized carbons (Fsp3) is 0.409. The molecule has 0 radical (unpaired) electrons. The Labute approximate surface area is 173 Å². The third-order valence-electron chi connectivity index (χ3n) is 4.73.